The fraction of sp³-hybridized carbons (Fsp3) is 0.353. The molecule has 1 saturated heterocycles. The van der Waals surface area contributed by atoms with Gasteiger partial charge in [0.15, 0.2) is 5.13 Å². The van der Waals surface area contributed by atoms with Gasteiger partial charge in [0.1, 0.15) is 11.4 Å². The number of aromatic nitrogens is 3. The molecule has 4 heterocycles. The summed E-state index contributed by atoms with van der Waals surface area (Å²) in [6, 6.07) is 1.72. The molecule has 0 bridgehead atoms. The molecule has 1 fully saturated rings. The molecule has 27 heavy (non-hydrogen) atoms. The van der Waals surface area contributed by atoms with Crippen LogP contribution in [0.3, 0.4) is 0 Å². The highest BCUT2D eigenvalue weighted by Crippen LogP contribution is 2.20. The molecule has 1 unspecified atom stereocenters. The van der Waals surface area contributed by atoms with Crippen LogP contribution < -0.4 is 10.9 Å². The number of carbonyl (C=O) groups is 2. The number of carbonyl (C=O) groups excluding carboxylic acids is 2. The van der Waals surface area contributed by atoms with Crippen molar-refractivity contribution < 1.29 is 9.59 Å². The number of thiazole rings is 1. The molecule has 140 valence electrons. The maximum Gasteiger partial charge on any atom is 0.262 e. The van der Waals surface area contributed by atoms with Crippen molar-refractivity contribution in [2.45, 2.75) is 19.4 Å². The second kappa shape index (κ2) is 7.57. The molecule has 0 aromatic carbocycles. The zero-order valence-corrected chi connectivity index (χ0v) is 16.0. The summed E-state index contributed by atoms with van der Waals surface area (Å²) in [5.41, 5.74) is -0.218. The number of nitrogens with one attached hydrogen (secondary N) is 1. The second-order valence-electron chi connectivity index (χ2n) is 6.32. The monoisotopic (exact) mass is 403 g/mol. The Bertz CT molecular complexity index is 1030. The SMILES string of the molecule is O=C(Nc1nccs1)C1CCCN(C(=O)Cn2cnc3sccc3c2=O)C1. The molecule has 10 heteroatoms. The van der Waals surface area contributed by atoms with Gasteiger partial charge in [-0.1, -0.05) is 0 Å². The van der Waals surface area contributed by atoms with Gasteiger partial charge in [0, 0.05) is 24.7 Å². The molecule has 1 aliphatic rings. The molecule has 4 rings (SSSR count). The minimum Gasteiger partial charge on any atom is -0.340 e. The van der Waals surface area contributed by atoms with E-state index in [1.165, 1.54) is 33.6 Å². The highest BCUT2D eigenvalue weighted by atomic mass is 32.1. The molecule has 1 atom stereocenters. The van der Waals surface area contributed by atoms with Gasteiger partial charge in [-0.3, -0.25) is 19.0 Å². The first-order chi connectivity index (χ1) is 13.1. The van der Waals surface area contributed by atoms with Crippen LogP contribution in [0.4, 0.5) is 5.13 Å². The number of anilines is 1. The summed E-state index contributed by atoms with van der Waals surface area (Å²) < 4.78 is 1.33. The van der Waals surface area contributed by atoms with Crippen molar-refractivity contribution in [2.75, 3.05) is 18.4 Å². The maximum atomic E-state index is 12.7. The van der Waals surface area contributed by atoms with E-state index in [9.17, 15) is 14.4 Å². The summed E-state index contributed by atoms with van der Waals surface area (Å²) >= 11 is 2.75. The van der Waals surface area contributed by atoms with E-state index in [4.69, 9.17) is 0 Å². The number of likely N-dealkylation sites (tertiary alicyclic amines) is 1. The summed E-state index contributed by atoms with van der Waals surface area (Å²) in [6.45, 7) is 0.861. The Hall–Kier alpha value is -2.59. The van der Waals surface area contributed by atoms with E-state index in [2.05, 4.69) is 15.3 Å². The molecule has 3 aromatic rings. The summed E-state index contributed by atoms with van der Waals surface area (Å²) in [5, 5.41) is 7.48. The Labute approximate surface area is 162 Å². The highest BCUT2D eigenvalue weighted by Gasteiger charge is 2.29. The zero-order chi connectivity index (χ0) is 18.8. The molecule has 0 aliphatic carbocycles. The van der Waals surface area contributed by atoms with E-state index in [-0.39, 0.29) is 29.8 Å². The van der Waals surface area contributed by atoms with Crippen molar-refractivity contribution in [3.63, 3.8) is 0 Å². The Morgan fingerprint density at radius 2 is 2.15 bits per heavy atom. The molecule has 1 aliphatic heterocycles. The third-order valence-corrected chi connectivity index (χ3v) is 6.07. The molecular formula is C17H17N5O3S2. The van der Waals surface area contributed by atoms with Crippen molar-refractivity contribution in [1.29, 1.82) is 0 Å². The summed E-state index contributed by atoms with van der Waals surface area (Å²) in [4.78, 5) is 48.1. The summed E-state index contributed by atoms with van der Waals surface area (Å²) in [7, 11) is 0. The lowest BCUT2D eigenvalue weighted by molar-refractivity contribution is -0.135. The van der Waals surface area contributed by atoms with Crippen LogP contribution in [0.5, 0.6) is 0 Å². The molecule has 0 radical (unpaired) electrons. The normalized spacial score (nSPS) is 17.2. The van der Waals surface area contributed by atoms with Crippen LogP contribution in [0.15, 0.2) is 34.1 Å². The smallest absolute Gasteiger partial charge is 0.262 e. The molecule has 2 amide bonds. The first-order valence-corrected chi connectivity index (χ1v) is 10.3. The number of piperidine rings is 1. The predicted molar refractivity (Wildman–Crippen MR) is 104 cm³/mol. The van der Waals surface area contributed by atoms with Crippen molar-refractivity contribution in [3.8, 4) is 0 Å². The Morgan fingerprint density at radius 1 is 1.26 bits per heavy atom. The maximum absolute atomic E-state index is 12.7. The second-order valence-corrected chi connectivity index (χ2v) is 8.11. The quantitative estimate of drug-likeness (QED) is 0.716. The fourth-order valence-electron chi connectivity index (χ4n) is 3.16. The van der Waals surface area contributed by atoms with Crippen molar-refractivity contribution in [1.82, 2.24) is 19.4 Å². The fourth-order valence-corrected chi connectivity index (χ4v) is 4.42. The number of fused-ring (bicyclic) bond motifs is 1. The van der Waals surface area contributed by atoms with Crippen LogP contribution in [0.2, 0.25) is 0 Å². The average molecular weight is 403 g/mol. The number of nitrogens with zero attached hydrogens (tertiary/aromatic N) is 4. The minimum atomic E-state index is -0.277. The van der Waals surface area contributed by atoms with Gasteiger partial charge in [-0.25, -0.2) is 9.97 Å². The van der Waals surface area contributed by atoms with Crippen LogP contribution in [-0.4, -0.2) is 44.3 Å². The largest absolute Gasteiger partial charge is 0.340 e. The topological polar surface area (TPSA) is 97.2 Å². The Kier molecular flexibility index (Phi) is 4.99. The van der Waals surface area contributed by atoms with E-state index in [0.717, 1.165) is 12.8 Å². The molecular weight excluding hydrogens is 386 g/mol. The Morgan fingerprint density at radius 3 is 2.96 bits per heavy atom. The molecule has 8 nitrogen and oxygen atoms in total. The molecule has 0 saturated carbocycles. The van der Waals surface area contributed by atoms with Crippen molar-refractivity contribution >= 4 is 49.8 Å². The summed E-state index contributed by atoms with van der Waals surface area (Å²) in [5.74, 6) is -0.581. The molecule has 1 N–H and O–H groups in total. The van der Waals surface area contributed by atoms with Crippen LogP contribution in [0, 0.1) is 5.92 Å². The number of rotatable bonds is 4. The molecule has 3 aromatic heterocycles. The number of amides is 2. The number of hydrogen-bond donors (Lipinski definition) is 1. The standard InChI is InChI=1S/C17H17N5O3S2/c23-13(9-22-10-19-15-12(16(22)25)3-6-26-15)21-5-1-2-11(8-21)14(24)20-17-18-4-7-27-17/h3-4,6-7,10-11H,1-2,5,8-9H2,(H,18,20,24). The lowest BCUT2D eigenvalue weighted by atomic mass is 9.97. The van der Waals surface area contributed by atoms with Crippen LogP contribution in [0.25, 0.3) is 10.2 Å². The van der Waals surface area contributed by atoms with E-state index < -0.39 is 0 Å². The van der Waals surface area contributed by atoms with Gasteiger partial charge in [-0.05, 0) is 24.3 Å². The van der Waals surface area contributed by atoms with Gasteiger partial charge in [-0.15, -0.1) is 22.7 Å². The summed E-state index contributed by atoms with van der Waals surface area (Å²) in [6.07, 6.45) is 4.52. The average Bonchev–Trinajstić information content (AvgIpc) is 3.36. The van der Waals surface area contributed by atoms with E-state index in [0.29, 0.717) is 28.4 Å². The third kappa shape index (κ3) is 3.76. The minimum absolute atomic E-state index is 0.0710. The molecule has 0 spiro atoms. The first-order valence-electron chi connectivity index (χ1n) is 8.52. The van der Waals surface area contributed by atoms with Crippen molar-refractivity contribution in [2.24, 2.45) is 5.92 Å². The predicted octanol–water partition coefficient (Wildman–Crippen LogP) is 1.79. The van der Waals surface area contributed by atoms with Gasteiger partial charge < -0.3 is 10.2 Å². The third-order valence-electron chi connectivity index (χ3n) is 4.56. The Balaban J connectivity index is 1.42. The van der Waals surface area contributed by atoms with Crippen molar-refractivity contribution in [3.05, 3.63) is 39.7 Å². The van der Waals surface area contributed by atoms with Crippen LogP contribution in [0.1, 0.15) is 12.8 Å². The van der Waals surface area contributed by atoms with Gasteiger partial charge in [0.25, 0.3) is 5.56 Å². The van der Waals surface area contributed by atoms with Crippen LogP contribution >= 0.6 is 22.7 Å². The number of hydrogen-bond acceptors (Lipinski definition) is 7. The van der Waals surface area contributed by atoms with E-state index in [1.807, 2.05) is 5.38 Å². The zero-order valence-electron chi connectivity index (χ0n) is 14.3. The van der Waals surface area contributed by atoms with Gasteiger partial charge in [0.2, 0.25) is 11.8 Å². The first kappa shape index (κ1) is 17.8. The number of thiophene rings is 1. The lowest BCUT2D eigenvalue weighted by Gasteiger charge is -2.32. The van der Waals surface area contributed by atoms with Crippen LogP contribution in [-0.2, 0) is 16.1 Å². The highest BCUT2D eigenvalue weighted by molar-refractivity contribution is 7.16. The van der Waals surface area contributed by atoms with Gasteiger partial charge in [0.05, 0.1) is 17.6 Å². The van der Waals surface area contributed by atoms with Gasteiger partial charge in [-0.2, -0.15) is 0 Å². The lowest BCUT2D eigenvalue weighted by Crippen LogP contribution is -2.45. The van der Waals surface area contributed by atoms with Gasteiger partial charge >= 0.3 is 0 Å². The van der Waals surface area contributed by atoms with E-state index in [1.54, 1.807) is 22.5 Å². The van der Waals surface area contributed by atoms with E-state index >= 15 is 0 Å².